The van der Waals surface area contributed by atoms with E-state index in [1.165, 1.54) is 0 Å². The van der Waals surface area contributed by atoms with E-state index in [1.54, 1.807) is 12.1 Å². The van der Waals surface area contributed by atoms with Gasteiger partial charge in [-0.25, -0.2) is 10.4 Å². The van der Waals surface area contributed by atoms with Gasteiger partial charge in [0.15, 0.2) is 0 Å². The number of carbonyl (C=O) groups is 1. The molecule has 0 fully saturated rings. The highest BCUT2D eigenvalue weighted by Gasteiger charge is 2.16. The number of anilines is 1. The van der Waals surface area contributed by atoms with Gasteiger partial charge in [0.2, 0.25) is 0 Å². The first-order valence-corrected chi connectivity index (χ1v) is 10.8. The van der Waals surface area contributed by atoms with E-state index in [2.05, 4.69) is 56.8 Å². The molecule has 0 bridgehead atoms. The molecule has 1 heterocycles. The molecule has 0 aliphatic carbocycles. The summed E-state index contributed by atoms with van der Waals surface area (Å²) in [5, 5.41) is 3.98. The van der Waals surface area contributed by atoms with E-state index in [0.29, 0.717) is 5.56 Å². The van der Waals surface area contributed by atoms with E-state index in [-0.39, 0.29) is 5.91 Å². The maximum absolute atomic E-state index is 12.3. The zero-order chi connectivity index (χ0) is 23.4. The van der Waals surface area contributed by atoms with Crippen LogP contribution in [-0.2, 0) is 0 Å². The van der Waals surface area contributed by atoms with Crippen LogP contribution < -0.4 is 10.3 Å². The summed E-state index contributed by atoms with van der Waals surface area (Å²) in [6.07, 6.45) is 0. The second-order valence-electron chi connectivity index (χ2n) is 8.19. The molecule has 166 valence electrons. The predicted octanol–water partition coefficient (Wildman–Crippen LogP) is 5.60. The summed E-state index contributed by atoms with van der Waals surface area (Å²) in [7, 11) is 4.05. The summed E-state index contributed by atoms with van der Waals surface area (Å²) in [5.41, 5.74) is 9.85. The summed E-state index contributed by atoms with van der Waals surface area (Å²) in [6, 6.07) is 25.9. The number of nitrogens with one attached hydrogen (secondary N) is 2. The number of nitrogens with zero attached hydrogens (tertiary/aromatic N) is 3. The molecule has 0 saturated heterocycles. The first-order chi connectivity index (χ1) is 15.9. The Kier molecular flexibility index (Phi) is 6.36. The fraction of sp³-hybridized carbons (Fsp3) is 0.148. The quantitative estimate of drug-likeness (QED) is 0.304. The van der Waals surface area contributed by atoms with Crippen LogP contribution in [0.1, 0.15) is 24.2 Å². The fourth-order valence-corrected chi connectivity index (χ4v) is 3.46. The minimum atomic E-state index is -0.242. The SMILES string of the molecule is CC(C)=NNC(=O)c1ccc(-c2nc(-c3ccccc3)c(-c3ccc(N(C)C)cc3)[nH]2)cc1. The smallest absolute Gasteiger partial charge is 0.271 e. The molecule has 1 aromatic heterocycles. The first-order valence-electron chi connectivity index (χ1n) is 10.8. The van der Waals surface area contributed by atoms with Crippen LogP contribution in [0.4, 0.5) is 5.69 Å². The van der Waals surface area contributed by atoms with Gasteiger partial charge in [0, 0.05) is 47.7 Å². The highest BCUT2D eigenvalue weighted by molar-refractivity contribution is 5.95. The Labute approximate surface area is 194 Å². The van der Waals surface area contributed by atoms with Gasteiger partial charge in [-0.05, 0) is 38.1 Å². The molecule has 0 aliphatic rings. The zero-order valence-corrected chi connectivity index (χ0v) is 19.3. The Morgan fingerprint density at radius 3 is 2.09 bits per heavy atom. The molecule has 0 spiro atoms. The van der Waals surface area contributed by atoms with Crippen LogP contribution in [0, 0.1) is 0 Å². The summed E-state index contributed by atoms with van der Waals surface area (Å²) < 4.78 is 0. The van der Waals surface area contributed by atoms with Crippen molar-refractivity contribution < 1.29 is 4.79 Å². The van der Waals surface area contributed by atoms with Crippen LogP contribution in [0.25, 0.3) is 33.9 Å². The number of amides is 1. The van der Waals surface area contributed by atoms with Crippen LogP contribution in [0.2, 0.25) is 0 Å². The van der Waals surface area contributed by atoms with E-state index >= 15 is 0 Å². The lowest BCUT2D eigenvalue weighted by atomic mass is 10.0. The van der Waals surface area contributed by atoms with Gasteiger partial charge in [0.05, 0.1) is 11.4 Å². The van der Waals surface area contributed by atoms with Crippen molar-refractivity contribution in [3.8, 4) is 33.9 Å². The Bertz CT molecular complexity index is 1270. The van der Waals surface area contributed by atoms with E-state index in [9.17, 15) is 4.79 Å². The van der Waals surface area contributed by atoms with Crippen LogP contribution >= 0.6 is 0 Å². The maximum atomic E-state index is 12.3. The van der Waals surface area contributed by atoms with Gasteiger partial charge in [-0.2, -0.15) is 5.10 Å². The molecule has 3 aromatic carbocycles. The monoisotopic (exact) mass is 437 g/mol. The molecule has 4 aromatic rings. The highest BCUT2D eigenvalue weighted by Crippen LogP contribution is 2.33. The number of imidazole rings is 1. The van der Waals surface area contributed by atoms with Crippen molar-refractivity contribution in [2.24, 2.45) is 5.10 Å². The molecule has 4 rings (SSSR count). The van der Waals surface area contributed by atoms with Crippen LogP contribution in [0.3, 0.4) is 0 Å². The number of hydrazone groups is 1. The minimum Gasteiger partial charge on any atom is -0.378 e. The lowest BCUT2D eigenvalue weighted by Crippen LogP contribution is -2.18. The van der Waals surface area contributed by atoms with Gasteiger partial charge < -0.3 is 9.88 Å². The van der Waals surface area contributed by atoms with E-state index in [4.69, 9.17) is 4.98 Å². The molecule has 2 N–H and O–H groups in total. The minimum absolute atomic E-state index is 0.242. The Hall–Kier alpha value is -4.19. The van der Waals surface area contributed by atoms with Gasteiger partial charge in [-0.3, -0.25) is 4.79 Å². The van der Waals surface area contributed by atoms with Gasteiger partial charge in [-0.1, -0.05) is 54.6 Å². The number of hydrogen-bond acceptors (Lipinski definition) is 4. The lowest BCUT2D eigenvalue weighted by Gasteiger charge is -2.12. The van der Waals surface area contributed by atoms with Gasteiger partial charge in [-0.15, -0.1) is 0 Å². The number of H-pyrrole nitrogens is 1. The molecule has 6 heteroatoms. The summed E-state index contributed by atoms with van der Waals surface area (Å²) >= 11 is 0. The molecule has 6 nitrogen and oxygen atoms in total. The molecule has 0 radical (unpaired) electrons. The third-order valence-electron chi connectivity index (χ3n) is 5.22. The predicted molar refractivity (Wildman–Crippen MR) is 135 cm³/mol. The second kappa shape index (κ2) is 9.53. The molecule has 0 aliphatic heterocycles. The molecule has 0 atom stereocenters. The number of aromatic amines is 1. The van der Waals surface area contributed by atoms with Crippen molar-refractivity contribution in [3.05, 3.63) is 84.4 Å². The molecule has 1 amide bonds. The average Bonchev–Trinajstić information content (AvgIpc) is 3.29. The molecular weight excluding hydrogens is 410 g/mol. The molecular formula is C27H27N5O. The fourth-order valence-electron chi connectivity index (χ4n) is 3.46. The van der Waals surface area contributed by atoms with Gasteiger partial charge in [0.25, 0.3) is 5.91 Å². The maximum Gasteiger partial charge on any atom is 0.271 e. The van der Waals surface area contributed by atoms with Crippen LogP contribution in [0.5, 0.6) is 0 Å². The molecule has 0 saturated carbocycles. The number of hydrogen-bond donors (Lipinski definition) is 2. The van der Waals surface area contributed by atoms with E-state index < -0.39 is 0 Å². The molecule has 0 unspecified atom stereocenters. The second-order valence-corrected chi connectivity index (χ2v) is 8.19. The largest absolute Gasteiger partial charge is 0.378 e. The molecule has 33 heavy (non-hydrogen) atoms. The number of carbonyl (C=O) groups excluding carboxylic acids is 1. The van der Waals surface area contributed by atoms with Crippen molar-refractivity contribution in [3.63, 3.8) is 0 Å². The van der Waals surface area contributed by atoms with Crippen molar-refractivity contribution in [1.29, 1.82) is 0 Å². The summed E-state index contributed by atoms with van der Waals surface area (Å²) in [6.45, 7) is 3.66. The zero-order valence-electron chi connectivity index (χ0n) is 19.3. The first kappa shape index (κ1) is 22.0. The average molecular weight is 438 g/mol. The lowest BCUT2D eigenvalue weighted by molar-refractivity contribution is 0.0954. The Morgan fingerprint density at radius 1 is 0.848 bits per heavy atom. The van der Waals surface area contributed by atoms with Crippen molar-refractivity contribution in [1.82, 2.24) is 15.4 Å². The van der Waals surface area contributed by atoms with E-state index in [0.717, 1.165) is 45.3 Å². The number of rotatable bonds is 6. The highest BCUT2D eigenvalue weighted by atomic mass is 16.2. The van der Waals surface area contributed by atoms with Crippen LogP contribution in [-0.4, -0.2) is 35.7 Å². The Morgan fingerprint density at radius 2 is 1.48 bits per heavy atom. The van der Waals surface area contributed by atoms with Gasteiger partial charge in [0.1, 0.15) is 5.82 Å². The van der Waals surface area contributed by atoms with Crippen molar-refractivity contribution in [2.75, 3.05) is 19.0 Å². The van der Waals surface area contributed by atoms with Gasteiger partial charge >= 0.3 is 0 Å². The van der Waals surface area contributed by atoms with Crippen LogP contribution in [0.15, 0.2) is 84.0 Å². The third kappa shape index (κ3) is 5.01. The Balaban J connectivity index is 1.71. The van der Waals surface area contributed by atoms with Crippen molar-refractivity contribution >= 4 is 17.3 Å². The normalized spacial score (nSPS) is 10.5. The standard InChI is InChI=1S/C27H27N5O/c1-18(2)30-31-27(33)22-12-10-21(11-13-22)26-28-24(19-8-6-5-7-9-19)25(29-26)20-14-16-23(17-15-20)32(3)4/h5-17H,1-4H3,(H,28,29)(H,31,33). The number of aromatic nitrogens is 2. The third-order valence-corrected chi connectivity index (χ3v) is 5.22. The van der Waals surface area contributed by atoms with Crippen molar-refractivity contribution in [2.45, 2.75) is 13.8 Å². The topological polar surface area (TPSA) is 73.4 Å². The summed E-state index contributed by atoms with van der Waals surface area (Å²) in [5.74, 6) is 0.503. The van der Waals surface area contributed by atoms with E-state index in [1.807, 2.05) is 58.3 Å². The summed E-state index contributed by atoms with van der Waals surface area (Å²) in [4.78, 5) is 22.8. The number of benzene rings is 3.